The monoisotopic (exact) mass is 287 g/mol. The van der Waals surface area contributed by atoms with Crippen molar-refractivity contribution in [3.63, 3.8) is 0 Å². The average Bonchev–Trinajstić information content (AvgIpc) is 2.85. The number of halogens is 1. The molecule has 1 aromatic rings. The van der Waals surface area contributed by atoms with Gasteiger partial charge in [-0.25, -0.2) is 8.42 Å². The molecule has 1 saturated carbocycles. The van der Waals surface area contributed by atoms with Crippen LogP contribution in [0.15, 0.2) is 29.2 Å². The van der Waals surface area contributed by atoms with Gasteiger partial charge in [0, 0.05) is 22.3 Å². The Morgan fingerprint density at radius 1 is 1.44 bits per heavy atom. The van der Waals surface area contributed by atoms with Crippen molar-refractivity contribution in [2.45, 2.75) is 31.2 Å². The van der Waals surface area contributed by atoms with Crippen LogP contribution in [0.3, 0.4) is 0 Å². The van der Waals surface area contributed by atoms with E-state index < -0.39 is 9.05 Å². The molecule has 1 aromatic carbocycles. The highest BCUT2D eigenvalue weighted by Gasteiger charge is 2.46. The molecule has 6 heteroatoms. The lowest BCUT2D eigenvalue weighted by molar-refractivity contribution is 0.0946. The summed E-state index contributed by atoms with van der Waals surface area (Å²) in [7, 11) is 1.44. The van der Waals surface area contributed by atoms with Crippen molar-refractivity contribution >= 4 is 25.6 Å². The number of carbonyl (C=O) groups excluding carboxylic acids is 1. The molecule has 1 N–H and O–H groups in total. The first kappa shape index (κ1) is 13.4. The Hall–Kier alpha value is -1.07. The summed E-state index contributed by atoms with van der Waals surface area (Å²) >= 11 is 0. The number of amides is 1. The summed E-state index contributed by atoms with van der Waals surface area (Å²) in [4.78, 5) is 11.8. The molecule has 1 unspecified atom stereocenters. The van der Waals surface area contributed by atoms with Crippen LogP contribution in [0.2, 0.25) is 0 Å². The minimum absolute atomic E-state index is 0.0631. The van der Waals surface area contributed by atoms with E-state index in [1.54, 1.807) is 6.07 Å². The summed E-state index contributed by atoms with van der Waals surface area (Å²) in [6, 6.07) is 5.87. The number of carbonyl (C=O) groups is 1. The molecule has 0 heterocycles. The van der Waals surface area contributed by atoms with Gasteiger partial charge in [-0.2, -0.15) is 0 Å². The van der Waals surface area contributed by atoms with Gasteiger partial charge in [0.15, 0.2) is 0 Å². The maximum atomic E-state index is 11.9. The quantitative estimate of drug-likeness (QED) is 0.867. The predicted molar refractivity (Wildman–Crippen MR) is 69.1 cm³/mol. The Kier molecular flexibility index (Phi) is 3.15. The lowest BCUT2D eigenvalue weighted by Crippen LogP contribution is -2.28. The third-order valence-corrected chi connectivity index (χ3v) is 4.55. The summed E-state index contributed by atoms with van der Waals surface area (Å²) in [6.45, 7) is 4.13. The highest BCUT2D eigenvalue weighted by Crippen LogP contribution is 2.44. The van der Waals surface area contributed by atoms with Crippen LogP contribution in [0, 0.1) is 5.41 Å². The van der Waals surface area contributed by atoms with Crippen molar-refractivity contribution in [1.29, 1.82) is 0 Å². The topological polar surface area (TPSA) is 63.2 Å². The van der Waals surface area contributed by atoms with E-state index in [0.29, 0.717) is 5.56 Å². The van der Waals surface area contributed by atoms with Crippen molar-refractivity contribution in [2.75, 3.05) is 0 Å². The van der Waals surface area contributed by atoms with E-state index in [1.165, 1.54) is 18.2 Å². The van der Waals surface area contributed by atoms with Crippen LogP contribution in [0.1, 0.15) is 30.6 Å². The predicted octanol–water partition coefficient (Wildman–Crippen LogP) is 2.14. The normalized spacial score (nSPS) is 21.4. The van der Waals surface area contributed by atoms with Gasteiger partial charge >= 0.3 is 0 Å². The van der Waals surface area contributed by atoms with E-state index in [1.807, 2.05) is 0 Å². The fourth-order valence-electron chi connectivity index (χ4n) is 1.74. The number of benzene rings is 1. The van der Waals surface area contributed by atoms with E-state index in [-0.39, 0.29) is 22.3 Å². The number of hydrogen-bond acceptors (Lipinski definition) is 3. The molecule has 18 heavy (non-hydrogen) atoms. The molecule has 1 aliphatic rings. The maximum Gasteiger partial charge on any atom is 0.261 e. The Morgan fingerprint density at radius 3 is 2.56 bits per heavy atom. The molecule has 4 nitrogen and oxygen atoms in total. The summed E-state index contributed by atoms with van der Waals surface area (Å²) in [5.74, 6) is -0.271. The summed E-state index contributed by atoms with van der Waals surface area (Å²) in [5, 5.41) is 2.86. The third-order valence-electron chi connectivity index (χ3n) is 3.20. The van der Waals surface area contributed by atoms with Crippen LogP contribution < -0.4 is 5.32 Å². The first-order valence-corrected chi connectivity index (χ1v) is 7.87. The molecule has 1 fully saturated rings. The molecule has 0 saturated heterocycles. The van der Waals surface area contributed by atoms with Crippen molar-refractivity contribution in [3.05, 3.63) is 29.8 Å². The SMILES string of the molecule is CC1(C)CC1NC(=O)c1cccc(S(=O)(=O)Cl)c1. The first-order chi connectivity index (χ1) is 8.20. The molecule has 1 atom stereocenters. The number of nitrogens with one attached hydrogen (secondary N) is 1. The zero-order valence-corrected chi connectivity index (χ0v) is 11.7. The lowest BCUT2D eigenvalue weighted by atomic mass is 10.1. The van der Waals surface area contributed by atoms with Gasteiger partial charge in [-0.3, -0.25) is 4.79 Å². The summed E-state index contributed by atoms with van der Waals surface area (Å²) in [6.07, 6.45) is 0.937. The Morgan fingerprint density at radius 2 is 2.06 bits per heavy atom. The molecule has 98 valence electrons. The second-order valence-electron chi connectivity index (χ2n) is 5.18. The molecular weight excluding hydrogens is 274 g/mol. The van der Waals surface area contributed by atoms with E-state index in [0.717, 1.165) is 6.42 Å². The van der Waals surface area contributed by atoms with Crippen molar-refractivity contribution in [1.82, 2.24) is 5.32 Å². The molecule has 0 radical (unpaired) electrons. The smallest absolute Gasteiger partial charge is 0.261 e. The van der Waals surface area contributed by atoms with Gasteiger partial charge in [0.25, 0.3) is 15.0 Å². The van der Waals surface area contributed by atoms with Gasteiger partial charge in [0.05, 0.1) is 4.90 Å². The van der Waals surface area contributed by atoms with E-state index in [4.69, 9.17) is 10.7 Å². The second kappa shape index (κ2) is 4.24. The Labute approximate surface area is 111 Å². The highest BCUT2D eigenvalue weighted by atomic mass is 35.7. The van der Waals surface area contributed by atoms with Crippen LogP contribution in [0.5, 0.6) is 0 Å². The molecular formula is C12H14ClNO3S. The van der Waals surface area contributed by atoms with Gasteiger partial charge < -0.3 is 5.32 Å². The van der Waals surface area contributed by atoms with Crippen LogP contribution in [-0.4, -0.2) is 20.4 Å². The van der Waals surface area contributed by atoms with Crippen molar-refractivity contribution in [2.24, 2.45) is 5.41 Å². The Balaban J connectivity index is 2.17. The molecule has 0 aliphatic heterocycles. The molecule has 0 bridgehead atoms. The number of rotatable bonds is 3. The van der Waals surface area contributed by atoms with Gasteiger partial charge in [0.1, 0.15) is 0 Å². The van der Waals surface area contributed by atoms with Crippen LogP contribution >= 0.6 is 10.7 Å². The van der Waals surface area contributed by atoms with E-state index in [9.17, 15) is 13.2 Å². The third kappa shape index (κ3) is 2.84. The largest absolute Gasteiger partial charge is 0.349 e. The van der Waals surface area contributed by atoms with Crippen molar-refractivity contribution in [3.8, 4) is 0 Å². The lowest BCUT2D eigenvalue weighted by Gasteiger charge is -2.07. The average molecular weight is 288 g/mol. The number of hydrogen-bond donors (Lipinski definition) is 1. The zero-order valence-electron chi connectivity index (χ0n) is 10.1. The minimum atomic E-state index is -3.80. The molecule has 0 spiro atoms. The van der Waals surface area contributed by atoms with Crippen LogP contribution in [-0.2, 0) is 9.05 Å². The first-order valence-electron chi connectivity index (χ1n) is 5.56. The fraction of sp³-hybridized carbons (Fsp3) is 0.417. The second-order valence-corrected chi connectivity index (χ2v) is 7.75. The van der Waals surface area contributed by atoms with Gasteiger partial charge in [0.2, 0.25) is 0 Å². The van der Waals surface area contributed by atoms with E-state index in [2.05, 4.69) is 19.2 Å². The van der Waals surface area contributed by atoms with Gasteiger partial charge in [-0.15, -0.1) is 0 Å². The molecule has 2 rings (SSSR count). The summed E-state index contributed by atoms with van der Waals surface area (Å²) < 4.78 is 22.4. The van der Waals surface area contributed by atoms with Crippen molar-refractivity contribution < 1.29 is 13.2 Å². The minimum Gasteiger partial charge on any atom is -0.349 e. The van der Waals surface area contributed by atoms with E-state index >= 15 is 0 Å². The molecule has 1 amide bonds. The fourth-order valence-corrected chi connectivity index (χ4v) is 2.54. The summed E-state index contributed by atoms with van der Waals surface area (Å²) in [5.41, 5.74) is 0.436. The van der Waals surface area contributed by atoms with Crippen LogP contribution in [0.4, 0.5) is 0 Å². The molecule has 1 aliphatic carbocycles. The van der Waals surface area contributed by atoms with Crippen LogP contribution in [0.25, 0.3) is 0 Å². The zero-order chi connectivity index (χ0) is 13.6. The van der Waals surface area contributed by atoms with Gasteiger partial charge in [-0.05, 0) is 30.0 Å². The highest BCUT2D eigenvalue weighted by molar-refractivity contribution is 8.13. The van der Waals surface area contributed by atoms with Gasteiger partial charge in [-0.1, -0.05) is 19.9 Å². The maximum absolute atomic E-state index is 11.9. The standard InChI is InChI=1S/C12H14ClNO3S/c1-12(2)7-10(12)14-11(15)8-4-3-5-9(6-8)18(13,16)17/h3-6,10H,7H2,1-2H3,(H,14,15). The molecule has 0 aromatic heterocycles. The Bertz CT molecular complexity index is 595.